The number of hydrogen-bond donors (Lipinski definition) is 3. The van der Waals surface area contributed by atoms with Crippen molar-refractivity contribution in [3.05, 3.63) is 34.9 Å². The third-order valence-electron chi connectivity index (χ3n) is 2.62. The van der Waals surface area contributed by atoms with Gasteiger partial charge in [0.05, 0.1) is 11.1 Å². The van der Waals surface area contributed by atoms with Gasteiger partial charge in [-0.3, -0.25) is 4.79 Å². The molecule has 2 atom stereocenters. The molecule has 1 aromatic rings. The molecule has 1 heterocycles. The summed E-state index contributed by atoms with van der Waals surface area (Å²) in [5.74, 6) is -2.91. The molecule has 0 bridgehead atoms. The van der Waals surface area contributed by atoms with Gasteiger partial charge in [0.25, 0.3) is 0 Å². The third-order valence-corrected chi connectivity index (χ3v) is 2.62. The molecule has 0 aromatic heterocycles. The Kier molecular flexibility index (Phi) is 2.85. The fourth-order valence-corrected chi connectivity index (χ4v) is 1.73. The average molecular weight is 251 g/mol. The Balaban J connectivity index is 2.51. The quantitative estimate of drug-likeness (QED) is 0.461. The lowest BCUT2D eigenvalue weighted by Crippen LogP contribution is -2.34. The lowest BCUT2D eigenvalue weighted by molar-refractivity contribution is -0.132. The topological polar surface area (TPSA) is 127 Å². The summed E-state index contributed by atoms with van der Waals surface area (Å²) in [6.45, 7) is 0. The maximum Gasteiger partial charge on any atom is 0.347 e. The van der Waals surface area contributed by atoms with Crippen molar-refractivity contribution >= 4 is 17.8 Å². The number of fused-ring (bicyclic) bond motifs is 1. The Morgan fingerprint density at radius 1 is 1.22 bits per heavy atom. The van der Waals surface area contributed by atoms with E-state index in [2.05, 4.69) is 4.74 Å². The van der Waals surface area contributed by atoms with Crippen molar-refractivity contribution < 1.29 is 29.3 Å². The van der Waals surface area contributed by atoms with E-state index in [9.17, 15) is 24.6 Å². The molecule has 7 heteroatoms. The van der Waals surface area contributed by atoms with Crippen molar-refractivity contribution in [1.82, 2.24) is 0 Å². The van der Waals surface area contributed by atoms with Crippen LogP contribution in [0.25, 0.3) is 0 Å². The first-order valence-corrected chi connectivity index (χ1v) is 4.98. The van der Waals surface area contributed by atoms with E-state index in [0.717, 1.165) is 0 Å². The normalized spacial score (nSPS) is 17.0. The van der Waals surface area contributed by atoms with Crippen LogP contribution in [-0.2, 0) is 9.53 Å². The van der Waals surface area contributed by atoms with Crippen LogP contribution < -0.4 is 5.73 Å². The van der Waals surface area contributed by atoms with Gasteiger partial charge in [0.1, 0.15) is 6.10 Å². The summed E-state index contributed by atoms with van der Waals surface area (Å²) < 4.78 is 4.38. The van der Waals surface area contributed by atoms with Crippen molar-refractivity contribution in [3.63, 3.8) is 0 Å². The van der Waals surface area contributed by atoms with Gasteiger partial charge in [-0.05, 0) is 11.6 Å². The summed E-state index contributed by atoms with van der Waals surface area (Å²) in [6, 6.07) is 4.04. The summed E-state index contributed by atoms with van der Waals surface area (Å²) in [5, 5.41) is 19.1. The number of carbonyl (C=O) groups excluding carboxylic acids is 3. The van der Waals surface area contributed by atoms with Gasteiger partial charge in [0.2, 0.25) is 5.91 Å². The molecule has 94 valence electrons. The molecule has 0 saturated carbocycles. The number of benzene rings is 1. The van der Waals surface area contributed by atoms with Gasteiger partial charge >= 0.3 is 11.9 Å². The highest BCUT2D eigenvalue weighted by atomic mass is 16.6. The predicted molar refractivity (Wildman–Crippen MR) is 56.3 cm³/mol. The Bertz CT molecular complexity index is 552. The first-order valence-electron chi connectivity index (χ1n) is 4.98. The van der Waals surface area contributed by atoms with Crippen LogP contribution in [0.5, 0.6) is 0 Å². The van der Waals surface area contributed by atoms with Crippen LogP contribution in [0.4, 0.5) is 0 Å². The number of hydrogen-bond acceptors (Lipinski definition) is 6. The van der Waals surface area contributed by atoms with Crippen molar-refractivity contribution in [3.8, 4) is 0 Å². The number of primary amides is 1. The van der Waals surface area contributed by atoms with E-state index in [1.54, 1.807) is 0 Å². The van der Waals surface area contributed by atoms with Gasteiger partial charge in [-0.15, -0.1) is 0 Å². The van der Waals surface area contributed by atoms with Gasteiger partial charge < -0.3 is 20.7 Å². The molecule has 0 radical (unpaired) electrons. The monoisotopic (exact) mass is 251 g/mol. The summed E-state index contributed by atoms with van der Waals surface area (Å²) in [4.78, 5) is 33.5. The first-order chi connectivity index (χ1) is 8.43. The Morgan fingerprint density at radius 3 is 2.50 bits per heavy atom. The lowest BCUT2D eigenvalue weighted by Gasteiger charge is -2.16. The van der Waals surface area contributed by atoms with Crippen LogP contribution in [-0.4, -0.2) is 34.2 Å². The maximum atomic E-state index is 11.4. The van der Waals surface area contributed by atoms with E-state index in [1.165, 1.54) is 18.2 Å². The SMILES string of the molecule is NC(=O)C(O)C(O)c1cccc2c1C(=O)OC2=O. The summed E-state index contributed by atoms with van der Waals surface area (Å²) in [7, 11) is 0. The number of amides is 1. The fraction of sp³-hybridized carbons (Fsp3) is 0.182. The molecule has 0 aliphatic carbocycles. The highest BCUT2D eigenvalue weighted by Crippen LogP contribution is 2.29. The van der Waals surface area contributed by atoms with Gasteiger partial charge in [-0.25, -0.2) is 9.59 Å². The summed E-state index contributed by atoms with van der Waals surface area (Å²) in [6.07, 6.45) is -3.57. The number of rotatable bonds is 3. The number of aliphatic hydroxyl groups is 2. The van der Waals surface area contributed by atoms with E-state index in [1.807, 2.05) is 0 Å². The number of cyclic esters (lactones) is 2. The molecule has 0 spiro atoms. The van der Waals surface area contributed by atoms with E-state index in [4.69, 9.17) is 5.73 Å². The molecule has 1 amide bonds. The van der Waals surface area contributed by atoms with Crippen molar-refractivity contribution in [1.29, 1.82) is 0 Å². The number of ether oxygens (including phenoxy) is 1. The second-order valence-corrected chi connectivity index (χ2v) is 3.74. The summed E-state index contributed by atoms with van der Waals surface area (Å²) in [5.41, 5.74) is 4.60. The maximum absolute atomic E-state index is 11.4. The van der Waals surface area contributed by atoms with Crippen molar-refractivity contribution in [2.75, 3.05) is 0 Å². The van der Waals surface area contributed by atoms with Gasteiger partial charge in [0, 0.05) is 0 Å². The Hall–Kier alpha value is -2.25. The minimum Gasteiger partial charge on any atom is -0.386 e. The highest BCUT2D eigenvalue weighted by Gasteiger charge is 2.36. The minimum absolute atomic E-state index is 0.0202. The zero-order chi connectivity index (χ0) is 13.4. The van der Waals surface area contributed by atoms with Crippen LogP contribution >= 0.6 is 0 Å². The summed E-state index contributed by atoms with van der Waals surface area (Å²) >= 11 is 0. The molecule has 1 aromatic carbocycles. The van der Waals surface area contributed by atoms with Crippen LogP contribution in [0, 0.1) is 0 Å². The Labute approximate surface area is 101 Å². The number of esters is 2. The van der Waals surface area contributed by atoms with E-state index in [-0.39, 0.29) is 16.7 Å². The molecule has 1 aliphatic rings. The van der Waals surface area contributed by atoms with Crippen LogP contribution in [0.2, 0.25) is 0 Å². The molecule has 4 N–H and O–H groups in total. The van der Waals surface area contributed by atoms with Crippen LogP contribution in [0.1, 0.15) is 32.4 Å². The minimum atomic E-state index is -1.87. The molecule has 18 heavy (non-hydrogen) atoms. The molecule has 0 fully saturated rings. The van der Waals surface area contributed by atoms with Gasteiger partial charge in [0.15, 0.2) is 6.10 Å². The average Bonchev–Trinajstić information content (AvgIpc) is 2.63. The fourth-order valence-electron chi connectivity index (χ4n) is 1.73. The predicted octanol–water partition coefficient (Wildman–Crippen LogP) is -1.12. The highest BCUT2D eigenvalue weighted by molar-refractivity contribution is 6.15. The molecule has 7 nitrogen and oxygen atoms in total. The zero-order valence-corrected chi connectivity index (χ0v) is 8.99. The van der Waals surface area contributed by atoms with Crippen molar-refractivity contribution in [2.24, 2.45) is 5.73 Å². The molecular formula is C11H9NO6. The number of nitrogens with two attached hydrogens (primary N) is 1. The van der Waals surface area contributed by atoms with Crippen LogP contribution in [0.3, 0.4) is 0 Å². The Morgan fingerprint density at radius 2 is 1.89 bits per heavy atom. The second-order valence-electron chi connectivity index (χ2n) is 3.74. The van der Waals surface area contributed by atoms with E-state index in [0.29, 0.717) is 0 Å². The third kappa shape index (κ3) is 1.75. The van der Waals surface area contributed by atoms with Crippen molar-refractivity contribution in [2.45, 2.75) is 12.2 Å². The second kappa shape index (κ2) is 4.21. The standard InChI is InChI=1S/C11H9NO6/c12-9(15)8(14)7(13)4-2-1-3-5-6(4)11(17)18-10(5)16/h1-3,7-8,13-14H,(H2,12,15). The van der Waals surface area contributed by atoms with Crippen LogP contribution in [0.15, 0.2) is 18.2 Å². The largest absolute Gasteiger partial charge is 0.386 e. The molecular weight excluding hydrogens is 242 g/mol. The number of carbonyl (C=O) groups is 3. The molecule has 0 saturated heterocycles. The van der Waals surface area contributed by atoms with Gasteiger partial charge in [-0.1, -0.05) is 12.1 Å². The molecule has 2 unspecified atom stereocenters. The lowest BCUT2D eigenvalue weighted by atomic mass is 9.95. The molecule has 1 aliphatic heterocycles. The smallest absolute Gasteiger partial charge is 0.347 e. The molecule has 2 rings (SSSR count). The van der Waals surface area contributed by atoms with E-state index >= 15 is 0 Å². The zero-order valence-electron chi connectivity index (χ0n) is 8.99. The van der Waals surface area contributed by atoms with Gasteiger partial charge in [-0.2, -0.15) is 0 Å². The first kappa shape index (κ1) is 12.2. The van der Waals surface area contributed by atoms with E-state index < -0.39 is 30.1 Å². The number of aliphatic hydroxyl groups excluding tert-OH is 2.